The van der Waals surface area contributed by atoms with Crippen LogP contribution in [0.25, 0.3) is 5.82 Å². The van der Waals surface area contributed by atoms with Crippen molar-refractivity contribution in [2.45, 2.75) is 25.8 Å². The number of pyridine rings is 1. The van der Waals surface area contributed by atoms with Crippen molar-refractivity contribution in [1.82, 2.24) is 25.2 Å². The van der Waals surface area contributed by atoms with Gasteiger partial charge in [0, 0.05) is 49.0 Å². The first-order valence-electron chi connectivity index (χ1n) is 8.50. The van der Waals surface area contributed by atoms with E-state index in [0.717, 1.165) is 23.9 Å². The Kier molecular flexibility index (Phi) is 7.78. The lowest BCUT2D eigenvalue weighted by Crippen LogP contribution is -2.42. The van der Waals surface area contributed by atoms with E-state index in [2.05, 4.69) is 57.0 Å². The normalized spacial score (nSPS) is 11.7. The summed E-state index contributed by atoms with van der Waals surface area (Å²) in [5.74, 6) is 1.64. The van der Waals surface area contributed by atoms with Crippen molar-refractivity contribution < 1.29 is 0 Å². The van der Waals surface area contributed by atoms with Crippen molar-refractivity contribution in [3.05, 3.63) is 65.0 Å². The maximum Gasteiger partial charge on any atom is 0.191 e. The van der Waals surface area contributed by atoms with E-state index in [1.807, 2.05) is 29.1 Å². The molecule has 0 atom stereocenters. The van der Waals surface area contributed by atoms with Gasteiger partial charge in [0.05, 0.1) is 0 Å². The predicted molar refractivity (Wildman–Crippen MR) is 122 cm³/mol. The smallest absolute Gasteiger partial charge is 0.191 e. The number of guanidine groups is 1. The Labute approximate surface area is 181 Å². The number of imidazole rings is 1. The van der Waals surface area contributed by atoms with Crippen LogP contribution in [0.3, 0.4) is 0 Å². The topological polar surface area (TPSA) is 67.1 Å². The molecule has 0 radical (unpaired) electrons. The number of hydrogen-bond acceptors (Lipinski definition) is 4. The molecule has 0 spiro atoms. The summed E-state index contributed by atoms with van der Waals surface area (Å²) in [7, 11) is 1.79. The average molecular weight is 496 g/mol. The minimum atomic E-state index is 0. The lowest BCUT2D eigenvalue weighted by Gasteiger charge is -2.25. The van der Waals surface area contributed by atoms with E-state index >= 15 is 0 Å². The molecule has 0 aliphatic rings. The van der Waals surface area contributed by atoms with Crippen LogP contribution in [0.2, 0.25) is 0 Å². The molecule has 3 heterocycles. The quantitative estimate of drug-likeness (QED) is 0.311. The largest absolute Gasteiger partial charge is 0.356 e. The van der Waals surface area contributed by atoms with Crippen molar-refractivity contribution >= 4 is 41.3 Å². The van der Waals surface area contributed by atoms with Gasteiger partial charge in [-0.05, 0) is 29.1 Å². The second-order valence-electron chi connectivity index (χ2n) is 6.63. The zero-order valence-electron chi connectivity index (χ0n) is 15.7. The number of rotatable bonds is 6. The molecule has 3 aromatic rings. The lowest BCUT2D eigenvalue weighted by molar-refractivity contribution is 0.518. The van der Waals surface area contributed by atoms with Crippen LogP contribution in [-0.2, 0) is 12.0 Å². The average Bonchev–Trinajstić information content (AvgIpc) is 3.36. The summed E-state index contributed by atoms with van der Waals surface area (Å²) in [5, 5.41) is 8.91. The van der Waals surface area contributed by atoms with Gasteiger partial charge in [0.25, 0.3) is 0 Å². The summed E-state index contributed by atoms with van der Waals surface area (Å²) in [4.78, 5) is 14.1. The van der Waals surface area contributed by atoms with Gasteiger partial charge < -0.3 is 10.6 Å². The summed E-state index contributed by atoms with van der Waals surface area (Å²) in [6, 6.07) is 8.31. The Balaban J connectivity index is 0.00000261. The van der Waals surface area contributed by atoms with Gasteiger partial charge in [-0.15, -0.1) is 35.3 Å². The molecule has 8 heteroatoms. The number of aromatic nitrogens is 3. The second kappa shape index (κ2) is 9.84. The Bertz CT molecular complexity index is 843. The number of hydrogen-bond donors (Lipinski definition) is 2. The van der Waals surface area contributed by atoms with Crippen LogP contribution in [0.1, 0.15) is 24.3 Å². The lowest BCUT2D eigenvalue weighted by atomic mass is 9.91. The van der Waals surface area contributed by atoms with Crippen LogP contribution in [0.5, 0.6) is 0 Å². The van der Waals surface area contributed by atoms with Crippen molar-refractivity contribution in [2.75, 3.05) is 13.6 Å². The molecule has 0 unspecified atom stereocenters. The molecule has 144 valence electrons. The minimum absolute atomic E-state index is 0. The fourth-order valence-corrected chi connectivity index (χ4v) is 3.42. The highest BCUT2D eigenvalue weighted by Crippen LogP contribution is 2.26. The summed E-state index contributed by atoms with van der Waals surface area (Å²) < 4.78 is 1.89. The molecule has 0 saturated carbocycles. The van der Waals surface area contributed by atoms with Gasteiger partial charge in [0.1, 0.15) is 12.1 Å². The number of aliphatic imine (C=N–C) groups is 1. The van der Waals surface area contributed by atoms with Gasteiger partial charge in [0.2, 0.25) is 0 Å². The fraction of sp³-hybridized carbons (Fsp3) is 0.316. The maximum absolute atomic E-state index is 4.38. The van der Waals surface area contributed by atoms with Crippen LogP contribution in [0.4, 0.5) is 0 Å². The molecule has 0 aromatic carbocycles. The monoisotopic (exact) mass is 496 g/mol. The van der Waals surface area contributed by atoms with E-state index in [1.165, 1.54) is 4.88 Å². The van der Waals surface area contributed by atoms with E-state index in [0.29, 0.717) is 6.54 Å². The first kappa shape index (κ1) is 21.4. The van der Waals surface area contributed by atoms with E-state index < -0.39 is 0 Å². The van der Waals surface area contributed by atoms with Gasteiger partial charge in [-0.25, -0.2) is 9.97 Å². The Morgan fingerprint density at radius 2 is 2.11 bits per heavy atom. The zero-order chi connectivity index (χ0) is 18.4. The van der Waals surface area contributed by atoms with Crippen molar-refractivity contribution in [2.24, 2.45) is 4.99 Å². The zero-order valence-corrected chi connectivity index (χ0v) is 18.9. The van der Waals surface area contributed by atoms with E-state index in [1.54, 1.807) is 30.9 Å². The summed E-state index contributed by atoms with van der Waals surface area (Å²) in [5.41, 5.74) is 1.18. The van der Waals surface area contributed by atoms with Crippen molar-refractivity contribution in [1.29, 1.82) is 0 Å². The summed E-state index contributed by atoms with van der Waals surface area (Å²) in [6.07, 6.45) is 7.18. The molecular formula is C19H25IN6S. The Morgan fingerprint density at radius 1 is 1.26 bits per heavy atom. The molecule has 0 aliphatic heterocycles. The van der Waals surface area contributed by atoms with Gasteiger partial charge >= 0.3 is 0 Å². The molecule has 2 N–H and O–H groups in total. The highest BCUT2D eigenvalue weighted by Gasteiger charge is 2.21. The second-order valence-corrected chi connectivity index (χ2v) is 7.58. The van der Waals surface area contributed by atoms with Crippen LogP contribution in [0.15, 0.2) is 59.6 Å². The van der Waals surface area contributed by atoms with Gasteiger partial charge in [-0.1, -0.05) is 19.9 Å². The molecule has 3 rings (SSSR count). The molecule has 0 saturated heterocycles. The number of nitrogens with one attached hydrogen (secondary N) is 2. The number of nitrogens with zero attached hydrogens (tertiary/aromatic N) is 4. The summed E-state index contributed by atoms with van der Waals surface area (Å²) >= 11 is 1.78. The molecule has 3 aromatic heterocycles. The third-order valence-corrected chi connectivity index (χ3v) is 5.38. The maximum atomic E-state index is 4.38. The highest BCUT2D eigenvalue weighted by molar-refractivity contribution is 14.0. The third kappa shape index (κ3) is 5.77. The Morgan fingerprint density at radius 3 is 2.78 bits per heavy atom. The first-order chi connectivity index (χ1) is 12.6. The molecule has 0 fully saturated rings. The first-order valence-corrected chi connectivity index (χ1v) is 9.38. The van der Waals surface area contributed by atoms with Gasteiger partial charge in [0.15, 0.2) is 5.96 Å². The van der Waals surface area contributed by atoms with Crippen LogP contribution < -0.4 is 10.6 Å². The van der Waals surface area contributed by atoms with E-state index in [9.17, 15) is 0 Å². The molecule has 27 heavy (non-hydrogen) atoms. The Hall–Kier alpha value is -1.94. The molecular weight excluding hydrogens is 471 g/mol. The van der Waals surface area contributed by atoms with Crippen LogP contribution >= 0.6 is 35.3 Å². The summed E-state index contributed by atoms with van der Waals surface area (Å²) in [6.45, 7) is 5.95. The van der Waals surface area contributed by atoms with E-state index in [4.69, 9.17) is 0 Å². The predicted octanol–water partition coefficient (Wildman–Crippen LogP) is 3.59. The number of thiophene rings is 1. The van der Waals surface area contributed by atoms with E-state index in [-0.39, 0.29) is 29.4 Å². The number of halogens is 1. The van der Waals surface area contributed by atoms with Crippen molar-refractivity contribution in [3.8, 4) is 5.82 Å². The van der Waals surface area contributed by atoms with Crippen LogP contribution in [-0.4, -0.2) is 34.1 Å². The van der Waals surface area contributed by atoms with Gasteiger partial charge in [-0.2, -0.15) is 0 Å². The molecule has 0 bridgehead atoms. The fourth-order valence-electron chi connectivity index (χ4n) is 2.57. The highest BCUT2D eigenvalue weighted by atomic mass is 127. The standard InChI is InChI=1S/C19H24N6S.HI/c1-19(2,16-5-4-10-26-16)13-24-18(20-3)23-12-15-6-7-22-17(11-15)25-9-8-21-14-25;/h4-11,14H,12-13H2,1-3H3,(H2,20,23,24);1H. The van der Waals surface area contributed by atoms with Crippen LogP contribution in [0, 0.1) is 0 Å². The van der Waals surface area contributed by atoms with Gasteiger partial charge in [-0.3, -0.25) is 9.56 Å². The third-order valence-electron chi connectivity index (χ3n) is 4.15. The minimum Gasteiger partial charge on any atom is -0.356 e. The molecule has 0 amide bonds. The molecule has 0 aliphatic carbocycles. The molecule has 6 nitrogen and oxygen atoms in total. The van der Waals surface area contributed by atoms with Crippen molar-refractivity contribution in [3.63, 3.8) is 0 Å². The SMILES string of the molecule is CN=C(NCc1ccnc(-n2ccnc2)c1)NCC(C)(C)c1cccs1.I.